The zero-order chi connectivity index (χ0) is 11.7. The third-order valence-corrected chi connectivity index (χ3v) is 4.36. The van der Waals surface area contributed by atoms with Gasteiger partial charge in [-0.3, -0.25) is 0 Å². The third-order valence-electron chi connectivity index (χ3n) is 4.36. The van der Waals surface area contributed by atoms with E-state index < -0.39 is 0 Å². The fourth-order valence-corrected chi connectivity index (χ4v) is 2.87. The minimum Gasteiger partial charge on any atom is -0.495 e. The van der Waals surface area contributed by atoms with E-state index in [2.05, 4.69) is 25.2 Å². The van der Waals surface area contributed by atoms with E-state index in [-0.39, 0.29) is 0 Å². The van der Waals surface area contributed by atoms with Crippen LogP contribution in [0.5, 0.6) is 0 Å². The molecule has 0 spiro atoms. The molecule has 2 nitrogen and oxygen atoms in total. The van der Waals surface area contributed by atoms with Crippen LogP contribution < -0.4 is 5.32 Å². The molecular formula is C14H23NO. The maximum absolute atomic E-state index is 5.50. The molecule has 16 heavy (non-hydrogen) atoms. The summed E-state index contributed by atoms with van der Waals surface area (Å²) in [4.78, 5) is 0. The van der Waals surface area contributed by atoms with Gasteiger partial charge in [0.15, 0.2) is 0 Å². The summed E-state index contributed by atoms with van der Waals surface area (Å²) < 4.78 is 5.50. The Labute approximate surface area is 98.8 Å². The molecule has 0 aromatic rings. The summed E-state index contributed by atoms with van der Waals surface area (Å²) in [6.07, 6.45) is 6.41. The third kappa shape index (κ3) is 1.74. The van der Waals surface area contributed by atoms with Gasteiger partial charge in [-0.15, -0.1) is 0 Å². The Morgan fingerprint density at radius 2 is 1.94 bits per heavy atom. The molecule has 2 rings (SSSR count). The molecule has 1 saturated carbocycles. The second kappa shape index (κ2) is 4.52. The van der Waals surface area contributed by atoms with Crippen LogP contribution in [-0.4, -0.2) is 14.2 Å². The van der Waals surface area contributed by atoms with Gasteiger partial charge in [-0.25, -0.2) is 0 Å². The van der Waals surface area contributed by atoms with E-state index in [1.807, 2.05) is 7.05 Å². The summed E-state index contributed by atoms with van der Waals surface area (Å²) in [5.41, 5.74) is 2.85. The summed E-state index contributed by atoms with van der Waals surface area (Å²) in [7, 11) is 3.75. The van der Waals surface area contributed by atoms with E-state index >= 15 is 0 Å². The van der Waals surface area contributed by atoms with Gasteiger partial charge in [0.1, 0.15) is 5.76 Å². The monoisotopic (exact) mass is 221 g/mol. The summed E-state index contributed by atoms with van der Waals surface area (Å²) >= 11 is 0. The fraction of sp³-hybridized carbons (Fsp3) is 0.714. The van der Waals surface area contributed by atoms with Crippen molar-refractivity contribution in [3.8, 4) is 0 Å². The predicted octanol–water partition coefficient (Wildman–Crippen LogP) is 3.08. The maximum Gasteiger partial charge on any atom is 0.137 e. The number of hydrogen-bond acceptors (Lipinski definition) is 2. The highest BCUT2D eigenvalue weighted by Gasteiger charge is 2.33. The first-order valence-corrected chi connectivity index (χ1v) is 6.36. The highest BCUT2D eigenvalue weighted by molar-refractivity contribution is 5.34. The number of rotatable bonds is 3. The van der Waals surface area contributed by atoms with E-state index in [0.29, 0.717) is 11.8 Å². The minimum atomic E-state index is 0.542. The van der Waals surface area contributed by atoms with Gasteiger partial charge in [-0.1, -0.05) is 25.8 Å². The summed E-state index contributed by atoms with van der Waals surface area (Å²) in [5, 5.41) is 3.29. The number of allylic oxidation sites excluding steroid dienone is 3. The Bertz CT molecular complexity index is 326. The van der Waals surface area contributed by atoms with Crippen molar-refractivity contribution in [2.45, 2.75) is 33.1 Å². The summed E-state index contributed by atoms with van der Waals surface area (Å²) in [5.74, 6) is 3.04. The van der Waals surface area contributed by atoms with Crippen LogP contribution in [0.15, 0.2) is 23.1 Å². The first-order valence-electron chi connectivity index (χ1n) is 6.36. The van der Waals surface area contributed by atoms with E-state index in [4.69, 9.17) is 4.74 Å². The molecule has 0 aromatic heterocycles. The molecule has 0 bridgehead atoms. The lowest BCUT2D eigenvalue weighted by molar-refractivity contribution is 0.262. The Kier molecular flexibility index (Phi) is 3.27. The van der Waals surface area contributed by atoms with Crippen LogP contribution in [0, 0.1) is 17.8 Å². The van der Waals surface area contributed by atoms with Gasteiger partial charge in [0, 0.05) is 13.0 Å². The highest BCUT2D eigenvalue weighted by Crippen LogP contribution is 2.43. The van der Waals surface area contributed by atoms with Gasteiger partial charge >= 0.3 is 0 Å². The van der Waals surface area contributed by atoms with E-state index in [1.54, 1.807) is 12.7 Å². The van der Waals surface area contributed by atoms with Crippen LogP contribution in [0.2, 0.25) is 0 Å². The fourth-order valence-electron chi connectivity index (χ4n) is 2.87. The SMILES string of the molecule is CNC1=C(OC)C=C(C2CCC2)C(C)C1C. The van der Waals surface area contributed by atoms with Crippen LogP contribution in [-0.2, 0) is 4.74 Å². The van der Waals surface area contributed by atoms with Crippen molar-refractivity contribution in [2.75, 3.05) is 14.2 Å². The van der Waals surface area contributed by atoms with Crippen molar-refractivity contribution in [3.63, 3.8) is 0 Å². The molecule has 1 N–H and O–H groups in total. The second-order valence-electron chi connectivity index (χ2n) is 5.08. The number of ether oxygens (including phenoxy) is 1. The molecule has 2 aliphatic rings. The topological polar surface area (TPSA) is 21.3 Å². The number of nitrogens with one attached hydrogen (secondary N) is 1. The molecule has 0 amide bonds. The average molecular weight is 221 g/mol. The van der Waals surface area contributed by atoms with Gasteiger partial charge in [0.05, 0.1) is 12.8 Å². The standard InChI is InChI=1S/C14H23NO/c1-9-10(2)14(15-3)13(16-4)8-12(9)11-6-5-7-11/h8-11,15H,5-7H2,1-4H3. The lowest BCUT2D eigenvalue weighted by Gasteiger charge is -2.38. The molecule has 0 aliphatic heterocycles. The molecule has 1 fully saturated rings. The first kappa shape index (κ1) is 11.6. The van der Waals surface area contributed by atoms with E-state index in [0.717, 1.165) is 11.7 Å². The van der Waals surface area contributed by atoms with Crippen molar-refractivity contribution in [2.24, 2.45) is 17.8 Å². The zero-order valence-electron chi connectivity index (χ0n) is 10.8. The van der Waals surface area contributed by atoms with Gasteiger partial charge in [-0.2, -0.15) is 0 Å². The van der Waals surface area contributed by atoms with Gasteiger partial charge in [0.25, 0.3) is 0 Å². The van der Waals surface area contributed by atoms with Crippen LogP contribution >= 0.6 is 0 Å². The normalized spacial score (nSPS) is 30.9. The molecule has 2 aliphatic carbocycles. The Morgan fingerprint density at radius 3 is 2.38 bits per heavy atom. The van der Waals surface area contributed by atoms with Crippen LogP contribution in [0.1, 0.15) is 33.1 Å². The molecule has 0 aromatic carbocycles. The molecule has 0 saturated heterocycles. The van der Waals surface area contributed by atoms with Crippen molar-refractivity contribution in [1.29, 1.82) is 0 Å². The molecule has 2 atom stereocenters. The Morgan fingerprint density at radius 1 is 1.25 bits per heavy atom. The molecule has 0 heterocycles. The van der Waals surface area contributed by atoms with Gasteiger partial charge in [0.2, 0.25) is 0 Å². The van der Waals surface area contributed by atoms with E-state index in [1.165, 1.54) is 25.0 Å². The van der Waals surface area contributed by atoms with Crippen molar-refractivity contribution in [1.82, 2.24) is 5.32 Å². The molecule has 0 radical (unpaired) electrons. The second-order valence-corrected chi connectivity index (χ2v) is 5.08. The lowest BCUT2D eigenvalue weighted by atomic mass is 9.69. The minimum absolute atomic E-state index is 0.542. The quantitative estimate of drug-likeness (QED) is 0.790. The molecule has 2 unspecified atom stereocenters. The van der Waals surface area contributed by atoms with Crippen LogP contribution in [0.4, 0.5) is 0 Å². The van der Waals surface area contributed by atoms with Crippen molar-refractivity contribution >= 4 is 0 Å². The highest BCUT2D eigenvalue weighted by atomic mass is 16.5. The Hall–Kier alpha value is -0.920. The average Bonchev–Trinajstić information content (AvgIpc) is 2.22. The smallest absolute Gasteiger partial charge is 0.137 e. The predicted molar refractivity (Wildman–Crippen MR) is 66.8 cm³/mol. The Balaban J connectivity index is 2.31. The molecule has 90 valence electrons. The lowest BCUT2D eigenvalue weighted by Crippen LogP contribution is -2.30. The number of methoxy groups -OCH3 is 1. The largest absolute Gasteiger partial charge is 0.495 e. The zero-order valence-corrected chi connectivity index (χ0v) is 10.8. The van der Waals surface area contributed by atoms with Gasteiger partial charge < -0.3 is 10.1 Å². The van der Waals surface area contributed by atoms with Crippen LogP contribution in [0.3, 0.4) is 0 Å². The summed E-state index contributed by atoms with van der Waals surface area (Å²) in [6, 6.07) is 0. The van der Waals surface area contributed by atoms with Crippen LogP contribution in [0.25, 0.3) is 0 Å². The molecule has 2 heteroatoms. The van der Waals surface area contributed by atoms with E-state index in [9.17, 15) is 0 Å². The van der Waals surface area contributed by atoms with Crippen molar-refractivity contribution in [3.05, 3.63) is 23.1 Å². The first-order chi connectivity index (χ1) is 7.69. The molecular weight excluding hydrogens is 198 g/mol. The number of hydrogen-bond donors (Lipinski definition) is 1. The van der Waals surface area contributed by atoms with Gasteiger partial charge in [-0.05, 0) is 30.8 Å². The van der Waals surface area contributed by atoms with Crippen molar-refractivity contribution < 1.29 is 4.74 Å². The summed E-state index contributed by atoms with van der Waals surface area (Å²) in [6.45, 7) is 4.64. The maximum atomic E-state index is 5.50.